The molecular weight excluding hydrogens is 353 g/mol. The molecule has 0 aliphatic carbocycles. The van der Waals surface area contributed by atoms with E-state index in [-0.39, 0.29) is 24.0 Å². The third-order valence-electron chi connectivity index (χ3n) is 2.90. The summed E-state index contributed by atoms with van der Waals surface area (Å²) < 4.78 is 1.87. The van der Waals surface area contributed by atoms with Gasteiger partial charge in [-0.1, -0.05) is 26.2 Å². The number of guanidine groups is 1. The Bertz CT molecular complexity index is 362. The number of aliphatic imine (C=N–C) groups is 1. The number of nitrogens with two attached hydrogens (primary N) is 1. The Labute approximate surface area is 133 Å². The van der Waals surface area contributed by atoms with E-state index >= 15 is 0 Å². The second kappa shape index (κ2) is 11.1. The van der Waals surface area contributed by atoms with Gasteiger partial charge in [-0.3, -0.25) is 9.67 Å². The maximum atomic E-state index is 5.78. The summed E-state index contributed by atoms with van der Waals surface area (Å²) in [7, 11) is 1.94. The zero-order valence-electron chi connectivity index (χ0n) is 11.9. The van der Waals surface area contributed by atoms with E-state index < -0.39 is 0 Å². The fourth-order valence-corrected chi connectivity index (χ4v) is 1.76. The molecule has 0 atom stereocenters. The zero-order chi connectivity index (χ0) is 13.2. The summed E-state index contributed by atoms with van der Waals surface area (Å²) in [5.41, 5.74) is 6.98. The minimum atomic E-state index is 0. The van der Waals surface area contributed by atoms with Gasteiger partial charge in [0.05, 0.1) is 0 Å². The molecule has 0 aliphatic heterocycles. The molecule has 5 nitrogen and oxygen atoms in total. The van der Waals surface area contributed by atoms with Crippen LogP contribution in [-0.2, 0) is 13.5 Å². The molecule has 0 saturated carbocycles. The lowest BCUT2D eigenvalue weighted by Gasteiger charge is -2.06. The molecule has 1 heterocycles. The predicted octanol–water partition coefficient (Wildman–Crippen LogP) is 2.07. The molecule has 3 N–H and O–H groups in total. The van der Waals surface area contributed by atoms with Gasteiger partial charge in [0.25, 0.3) is 0 Å². The van der Waals surface area contributed by atoms with Crippen molar-refractivity contribution in [1.29, 1.82) is 0 Å². The first-order chi connectivity index (χ1) is 8.74. The van der Waals surface area contributed by atoms with E-state index in [4.69, 9.17) is 5.73 Å². The van der Waals surface area contributed by atoms with E-state index in [1.54, 1.807) is 6.20 Å². The van der Waals surface area contributed by atoms with Gasteiger partial charge in [-0.05, 0) is 12.5 Å². The molecule has 1 aromatic heterocycles. The highest BCUT2D eigenvalue weighted by atomic mass is 127. The minimum absolute atomic E-state index is 0. The van der Waals surface area contributed by atoms with Gasteiger partial charge in [0.1, 0.15) is 0 Å². The van der Waals surface area contributed by atoms with Crippen LogP contribution >= 0.6 is 24.0 Å². The molecule has 0 unspecified atom stereocenters. The van der Waals surface area contributed by atoms with Gasteiger partial charge in [-0.2, -0.15) is 5.10 Å². The molecule has 0 aromatic carbocycles. The van der Waals surface area contributed by atoms with Crippen molar-refractivity contribution < 1.29 is 0 Å². The van der Waals surface area contributed by atoms with Crippen LogP contribution in [0, 0.1) is 0 Å². The number of aryl methyl sites for hydroxylation is 1. The van der Waals surface area contributed by atoms with Gasteiger partial charge in [0.15, 0.2) is 5.96 Å². The lowest BCUT2D eigenvalue weighted by molar-refractivity contribution is 0.671. The number of hydrogen-bond acceptors (Lipinski definition) is 2. The van der Waals surface area contributed by atoms with Gasteiger partial charge < -0.3 is 11.1 Å². The highest BCUT2D eigenvalue weighted by Gasteiger charge is 1.98. The standard InChI is InChI=1S/C13H25N5.HI/c1-3-4-5-6-9-15-13(14)16-10-7-12-8-11-17-18(12)2;/h8,11H,3-7,9-10H2,1-2H3,(H3,14,15,16);1H. The Morgan fingerprint density at radius 3 is 2.84 bits per heavy atom. The highest BCUT2D eigenvalue weighted by Crippen LogP contribution is 1.98. The Hall–Kier alpha value is -0.790. The second-order valence-electron chi connectivity index (χ2n) is 4.45. The van der Waals surface area contributed by atoms with Crippen LogP contribution in [0.15, 0.2) is 17.3 Å². The SMILES string of the molecule is CCCCCCN=C(N)NCCc1ccnn1C.I. The number of hydrogen-bond donors (Lipinski definition) is 2. The number of nitrogens with zero attached hydrogens (tertiary/aromatic N) is 3. The average Bonchev–Trinajstić information content (AvgIpc) is 2.75. The molecule has 0 saturated heterocycles. The molecule has 0 spiro atoms. The molecule has 0 radical (unpaired) electrons. The minimum Gasteiger partial charge on any atom is -0.370 e. The van der Waals surface area contributed by atoms with Crippen LogP contribution in [-0.4, -0.2) is 28.8 Å². The first kappa shape index (κ1) is 18.2. The maximum absolute atomic E-state index is 5.78. The van der Waals surface area contributed by atoms with Crippen LogP contribution in [0.5, 0.6) is 0 Å². The summed E-state index contributed by atoms with van der Waals surface area (Å²) in [5.74, 6) is 0.550. The van der Waals surface area contributed by atoms with Crippen molar-refractivity contribution in [3.05, 3.63) is 18.0 Å². The fourth-order valence-electron chi connectivity index (χ4n) is 1.76. The first-order valence-electron chi connectivity index (χ1n) is 6.74. The number of aromatic nitrogens is 2. The number of halogens is 1. The third-order valence-corrected chi connectivity index (χ3v) is 2.90. The predicted molar refractivity (Wildman–Crippen MR) is 91.0 cm³/mol. The molecule has 110 valence electrons. The molecule has 1 rings (SSSR count). The highest BCUT2D eigenvalue weighted by molar-refractivity contribution is 14.0. The van der Waals surface area contributed by atoms with Crippen molar-refractivity contribution in [3.63, 3.8) is 0 Å². The van der Waals surface area contributed by atoms with E-state index in [2.05, 4.69) is 22.3 Å². The molecule has 6 heteroatoms. The van der Waals surface area contributed by atoms with Crippen LogP contribution in [0.1, 0.15) is 38.3 Å². The van der Waals surface area contributed by atoms with Gasteiger partial charge in [0, 0.05) is 38.4 Å². The van der Waals surface area contributed by atoms with Crippen LogP contribution in [0.2, 0.25) is 0 Å². The topological polar surface area (TPSA) is 68.2 Å². The van der Waals surface area contributed by atoms with E-state index in [1.807, 2.05) is 17.8 Å². The Balaban J connectivity index is 0.00000324. The molecule has 19 heavy (non-hydrogen) atoms. The molecule has 0 fully saturated rings. The van der Waals surface area contributed by atoms with Crippen LogP contribution in [0.4, 0.5) is 0 Å². The van der Waals surface area contributed by atoms with Gasteiger partial charge in [-0.15, -0.1) is 24.0 Å². The lowest BCUT2D eigenvalue weighted by Crippen LogP contribution is -2.33. The largest absolute Gasteiger partial charge is 0.370 e. The van der Waals surface area contributed by atoms with Crippen molar-refractivity contribution in [3.8, 4) is 0 Å². The quantitative estimate of drug-likeness (QED) is 0.315. The second-order valence-corrected chi connectivity index (χ2v) is 4.45. The summed E-state index contributed by atoms with van der Waals surface area (Å²) in [4.78, 5) is 4.30. The van der Waals surface area contributed by atoms with E-state index in [1.165, 1.54) is 25.0 Å². The van der Waals surface area contributed by atoms with Crippen LogP contribution in [0.25, 0.3) is 0 Å². The smallest absolute Gasteiger partial charge is 0.188 e. The van der Waals surface area contributed by atoms with E-state index in [0.29, 0.717) is 5.96 Å². The average molecular weight is 379 g/mol. The van der Waals surface area contributed by atoms with Crippen molar-refractivity contribution in [2.45, 2.75) is 39.0 Å². The zero-order valence-corrected chi connectivity index (χ0v) is 14.3. The summed E-state index contributed by atoms with van der Waals surface area (Å²) >= 11 is 0. The molecule has 0 bridgehead atoms. The third kappa shape index (κ3) is 8.07. The van der Waals surface area contributed by atoms with Crippen molar-refractivity contribution in [2.75, 3.05) is 13.1 Å². The monoisotopic (exact) mass is 379 g/mol. The van der Waals surface area contributed by atoms with Crippen molar-refractivity contribution >= 4 is 29.9 Å². The lowest BCUT2D eigenvalue weighted by atomic mass is 10.2. The van der Waals surface area contributed by atoms with Gasteiger partial charge in [0.2, 0.25) is 0 Å². The molecule has 1 aromatic rings. The Morgan fingerprint density at radius 2 is 2.21 bits per heavy atom. The summed E-state index contributed by atoms with van der Waals surface area (Å²) in [6.45, 7) is 3.83. The number of rotatable bonds is 8. The van der Waals surface area contributed by atoms with E-state index in [0.717, 1.165) is 25.9 Å². The molecular formula is C13H26IN5. The summed E-state index contributed by atoms with van der Waals surface area (Å²) in [6, 6.07) is 2.01. The van der Waals surface area contributed by atoms with E-state index in [9.17, 15) is 0 Å². The van der Waals surface area contributed by atoms with Gasteiger partial charge in [-0.25, -0.2) is 0 Å². The fraction of sp³-hybridized carbons (Fsp3) is 0.692. The maximum Gasteiger partial charge on any atom is 0.188 e. The van der Waals surface area contributed by atoms with Crippen LogP contribution < -0.4 is 11.1 Å². The Kier molecular flexibility index (Phi) is 10.6. The Morgan fingerprint density at radius 1 is 1.42 bits per heavy atom. The van der Waals surface area contributed by atoms with Crippen LogP contribution in [0.3, 0.4) is 0 Å². The first-order valence-corrected chi connectivity index (χ1v) is 6.74. The van der Waals surface area contributed by atoms with Crippen molar-refractivity contribution in [2.24, 2.45) is 17.8 Å². The molecule has 0 aliphatic rings. The van der Waals surface area contributed by atoms with Crippen molar-refractivity contribution in [1.82, 2.24) is 15.1 Å². The molecule has 0 amide bonds. The number of unbranched alkanes of at least 4 members (excludes halogenated alkanes) is 3. The normalized spacial score (nSPS) is 11.2. The van der Waals surface area contributed by atoms with Gasteiger partial charge >= 0.3 is 0 Å². The number of nitrogens with one attached hydrogen (secondary N) is 1. The summed E-state index contributed by atoms with van der Waals surface area (Å²) in [5, 5.41) is 7.25. The summed E-state index contributed by atoms with van der Waals surface area (Å²) in [6.07, 6.45) is 7.61.